The first kappa shape index (κ1) is 12.0. The van der Waals surface area contributed by atoms with E-state index in [1.54, 1.807) is 0 Å². The van der Waals surface area contributed by atoms with Crippen molar-refractivity contribution in [1.29, 1.82) is 0 Å². The molecule has 1 saturated heterocycles. The van der Waals surface area contributed by atoms with E-state index >= 15 is 0 Å². The van der Waals surface area contributed by atoms with Gasteiger partial charge in [-0.2, -0.15) is 0 Å². The van der Waals surface area contributed by atoms with Gasteiger partial charge in [-0.1, -0.05) is 20.8 Å². The number of β-amino-alcohol motifs (C(OH)–C–C–N with tert-alkyl or cyclic N) is 1. The maximum Gasteiger partial charge on any atom is 0.0774 e. The Labute approximate surface area is 88.3 Å². The highest BCUT2D eigenvalue weighted by Crippen LogP contribution is 2.30. The molecule has 1 aliphatic heterocycles. The van der Waals surface area contributed by atoms with Crippen LogP contribution in [0.5, 0.6) is 0 Å². The predicted octanol–water partition coefficient (Wildman–Crippen LogP) is 2.27. The Kier molecular flexibility index (Phi) is 3.59. The molecule has 1 N–H and O–H groups in total. The Morgan fingerprint density at radius 2 is 2.00 bits per heavy atom. The fraction of sp³-hybridized carbons (Fsp3) is 1.00. The number of hydrogen-bond acceptors (Lipinski definition) is 2. The molecular weight excluding hydrogens is 174 g/mol. The minimum absolute atomic E-state index is 0.339. The standard InChI is InChI=1S/C12H25NO/c1-11(2,3)7-8-12(14)6-5-9-13(4)10-12/h14H,5-10H2,1-4H3. The first-order valence-corrected chi connectivity index (χ1v) is 5.72. The van der Waals surface area contributed by atoms with Crippen LogP contribution in [0.25, 0.3) is 0 Å². The maximum absolute atomic E-state index is 10.4. The molecule has 0 spiro atoms. The van der Waals surface area contributed by atoms with Crippen LogP contribution in [0.4, 0.5) is 0 Å². The van der Waals surface area contributed by atoms with Crippen molar-refractivity contribution >= 4 is 0 Å². The Morgan fingerprint density at radius 3 is 2.50 bits per heavy atom. The van der Waals surface area contributed by atoms with E-state index in [0.29, 0.717) is 5.41 Å². The van der Waals surface area contributed by atoms with Crippen LogP contribution >= 0.6 is 0 Å². The highest BCUT2D eigenvalue weighted by molar-refractivity contribution is 4.87. The normalized spacial score (nSPS) is 30.6. The minimum Gasteiger partial charge on any atom is -0.389 e. The molecule has 84 valence electrons. The topological polar surface area (TPSA) is 23.5 Å². The van der Waals surface area contributed by atoms with Gasteiger partial charge in [0, 0.05) is 6.54 Å². The predicted molar refractivity (Wildman–Crippen MR) is 60.4 cm³/mol. The second-order valence-corrected chi connectivity index (χ2v) is 6.13. The average Bonchev–Trinajstić information content (AvgIpc) is 1.99. The molecule has 0 amide bonds. The summed E-state index contributed by atoms with van der Waals surface area (Å²) >= 11 is 0. The minimum atomic E-state index is -0.416. The molecule has 1 unspecified atom stereocenters. The van der Waals surface area contributed by atoms with Crippen molar-refractivity contribution in [3.8, 4) is 0 Å². The highest BCUT2D eigenvalue weighted by Gasteiger charge is 2.32. The van der Waals surface area contributed by atoms with E-state index in [4.69, 9.17) is 0 Å². The lowest BCUT2D eigenvalue weighted by atomic mass is 9.81. The van der Waals surface area contributed by atoms with Gasteiger partial charge in [0.2, 0.25) is 0 Å². The van der Waals surface area contributed by atoms with Gasteiger partial charge in [0.25, 0.3) is 0 Å². The third kappa shape index (κ3) is 3.97. The van der Waals surface area contributed by atoms with Crippen LogP contribution in [0.1, 0.15) is 46.5 Å². The third-order valence-corrected chi connectivity index (χ3v) is 3.09. The third-order valence-electron chi connectivity index (χ3n) is 3.09. The van der Waals surface area contributed by atoms with Crippen molar-refractivity contribution in [2.24, 2.45) is 5.41 Å². The molecule has 0 saturated carbocycles. The summed E-state index contributed by atoms with van der Waals surface area (Å²) in [7, 11) is 2.10. The van der Waals surface area contributed by atoms with Gasteiger partial charge in [0.1, 0.15) is 0 Å². The molecule has 0 aliphatic carbocycles. The van der Waals surface area contributed by atoms with E-state index in [0.717, 1.165) is 38.8 Å². The molecule has 1 heterocycles. The van der Waals surface area contributed by atoms with Crippen molar-refractivity contribution in [2.45, 2.75) is 52.1 Å². The second kappa shape index (κ2) is 4.19. The van der Waals surface area contributed by atoms with Crippen LogP contribution in [0.15, 0.2) is 0 Å². The summed E-state index contributed by atoms with van der Waals surface area (Å²) in [6.45, 7) is 8.70. The molecule has 2 heteroatoms. The lowest BCUT2D eigenvalue weighted by Crippen LogP contribution is -2.46. The van der Waals surface area contributed by atoms with Gasteiger partial charge in [-0.15, -0.1) is 0 Å². The lowest BCUT2D eigenvalue weighted by Gasteiger charge is -2.38. The smallest absolute Gasteiger partial charge is 0.0774 e. The zero-order chi connectivity index (χ0) is 10.8. The van der Waals surface area contributed by atoms with Gasteiger partial charge in [-0.25, -0.2) is 0 Å². The van der Waals surface area contributed by atoms with E-state index in [2.05, 4.69) is 32.7 Å². The lowest BCUT2D eigenvalue weighted by molar-refractivity contribution is -0.0362. The molecule has 0 aromatic rings. The monoisotopic (exact) mass is 199 g/mol. The van der Waals surface area contributed by atoms with Gasteiger partial charge in [0.05, 0.1) is 5.60 Å². The van der Waals surface area contributed by atoms with Gasteiger partial charge in [-0.05, 0) is 44.7 Å². The summed E-state index contributed by atoms with van der Waals surface area (Å²) in [6, 6.07) is 0. The largest absolute Gasteiger partial charge is 0.389 e. The van der Waals surface area contributed by atoms with E-state index in [1.165, 1.54) is 0 Å². The molecule has 1 atom stereocenters. The quantitative estimate of drug-likeness (QED) is 0.737. The average molecular weight is 199 g/mol. The summed E-state index contributed by atoms with van der Waals surface area (Å²) in [5.74, 6) is 0. The van der Waals surface area contributed by atoms with Crippen LogP contribution in [-0.4, -0.2) is 35.7 Å². The van der Waals surface area contributed by atoms with E-state index in [-0.39, 0.29) is 0 Å². The maximum atomic E-state index is 10.4. The molecule has 14 heavy (non-hydrogen) atoms. The molecule has 0 aromatic heterocycles. The van der Waals surface area contributed by atoms with Crippen LogP contribution in [-0.2, 0) is 0 Å². The SMILES string of the molecule is CN1CCCC(O)(CCC(C)(C)C)C1. The van der Waals surface area contributed by atoms with E-state index in [9.17, 15) is 5.11 Å². The molecule has 0 bridgehead atoms. The van der Waals surface area contributed by atoms with Crippen LogP contribution in [0, 0.1) is 5.41 Å². The number of nitrogens with zero attached hydrogens (tertiary/aromatic N) is 1. The molecule has 2 nitrogen and oxygen atoms in total. The van der Waals surface area contributed by atoms with Crippen molar-refractivity contribution in [1.82, 2.24) is 4.90 Å². The van der Waals surface area contributed by atoms with Crippen molar-refractivity contribution in [2.75, 3.05) is 20.1 Å². The second-order valence-electron chi connectivity index (χ2n) is 6.13. The number of rotatable bonds is 2. The van der Waals surface area contributed by atoms with Crippen molar-refractivity contribution < 1.29 is 5.11 Å². The number of piperidine rings is 1. The first-order chi connectivity index (χ1) is 6.31. The zero-order valence-electron chi connectivity index (χ0n) is 10.1. The summed E-state index contributed by atoms with van der Waals surface area (Å²) in [4.78, 5) is 2.24. The summed E-state index contributed by atoms with van der Waals surface area (Å²) in [6.07, 6.45) is 4.17. The fourth-order valence-corrected chi connectivity index (χ4v) is 2.15. The van der Waals surface area contributed by atoms with Gasteiger partial charge in [-0.3, -0.25) is 0 Å². The molecule has 1 aliphatic rings. The van der Waals surface area contributed by atoms with Gasteiger partial charge in [0.15, 0.2) is 0 Å². The van der Waals surface area contributed by atoms with E-state index < -0.39 is 5.60 Å². The van der Waals surface area contributed by atoms with Crippen molar-refractivity contribution in [3.05, 3.63) is 0 Å². The molecule has 0 radical (unpaired) electrons. The van der Waals surface area contributed by atoms with Gasteiger partial charge < -0.3 is 10.0 Å². The Bertz CT molecular complexity index is 185. The Morgan fingerprint density at radius 1 is 1.36 bits per heavy atom. The van der Waals surface area contributed by atoms with E-state index in [1.807, 2.05) is 0 Å². The number of aliphatic hydroxyl groups is 1. The van der Waals surface area contributed by atoms with Crippen LogP contribution in [0.2, 0.25) is 0 Å². The summed E-state index contributed by atoms with van der Waals surface area (Å²) in [5.41, 5.74) is -0.0774. The van der Waals surface area contributed by atoms with Crippen molar-refractivity contribution in [3.63, 3.8) is 0 Å². The Hall–Kier alpha value is -0.0800. The number of likely N-dealkylation sites (tertiary alicyclic amines) is 1. The first-order valence-electron chi connectivity index (χ1n) is 5.72. The summed E-state index contributed by atoms with van der Waals surface area (Å²) in [5, 5.41) is 10.4. The number of hydrogen-bond donors (Lipinski definition) is 1. The molecule has 0 aromatic carbocycles. The summed E-state index contributed by atoms with van der Waals surface area (Å²) < 4.78 is 0. The fourth-order valence-electron chi connectivity index (χ4n) is 2.15. The Balaban J connectivity index is 2.41. The molecule has 1 rings (SSSR count). The van der Waals surface area contributed by atoms with Gasteiger partial charge >= 0.3 is 0 Å². The highest BCUT2D eigenvalue weighted by atomic mass is 16.3. The molecule has 1 fully saturated rings. The van der Waals surface area contributed by atoms with Crippen LogP contribution in [0.3, 0.4) is 0 Å². The molecular formula is C12H25NO. The van der Waals surface area contributed by atoms with Crippen LogP contribution < -0.4 is 0 Å². The number of likely N-dealkylation sites (N-methyl/N-ethyl adjacent to an activating group) is 1. The zero-order valence-corrected chi connectivity index (χ0v) is 10.1.